The molecule has 0 aromatic heterocycles. The fraction of sp³-hybridized carbons (Fsp3) is 0.880. The van der Waals surface area contributed by atoms with Crippen LogP contribution in [-0.2, 0) is 65.4 Å². The molecule has 0 saturated heterocycles. The second-order valence-electron chi connectivity index (χ2n) is 9.87. The van der Waals surface area contributed by atoms with Crippen molar-refractivity contribution in [1.29, 1.82) is 0 Å². The molecule has 3 aliphatic rings. The third-order valence-corrected chi connectivity index (χ3v) is 8.22. The molecule has 0 aliphatic heterocycles. The average Bonchev–Trinajstić information content (AvgIpc) is 2.63. The van der Waals surface area contributed by atoms with Gasteiger partial charge in [0.2, 0.25) is 0 Å². The number of rotatable bonds is 5. The van der Waals surface area contributed by atoms with Crippen molar-refractivity contribution in [2.24, 2.45) is 41.4 Å². The van der Waals surface area contributed by atoms with Crippen LogP contribution in [0.25, 0.3) is 0 Å². The fourth-order valence-electron chi connectivity index (χ4n) is 6.63. The predicted molar refractivity (Wildman–Crippen MR) is 110 cm³/mol. The minimum absolute atomic E-state index is 0. The van der Waals surface area contributed by atoms with E-state index >= 15 is 0 Å². The van der Waals surface area contributed by atoms with Crippen LogP contribution in [0.5, 0.6) is 0 Å². The van der Waals surface area contributed by atoms with Crippen LogP contribution < -0.4 is 0 Å². The number of allylic oxidation sites excluding steroid dienone is 2. The van der Waals surface area contributed by atoms with Crippen molar-refractivity contribution in [3.63, 3.8) is 0 Å². The van der Waals surface area contributed by atoms with Gasteiger partial charge < -0.3 is 6.42 Å². The van der Waals surface area contributed by atoms with Gasteiger partial charge in [-0.05, 0) is 82.0 Å². The molecule has 3 unspecified atom stereocenters. The first kappa shape index (κ1) is 27.0. The molecule has 0 bridgehead atoms. The third kappa shape index (κ3) is 8.18. The second kappa shape index (κ2) is 14.1. The van der Waals surface area contributed by atoms with Gasteiger partial charge in [0.05, 0.1) is 0 Å². The summed E-state index contributed by atoms with van der Waals surface area (Å²) in [4.78, 5) is 0. The van der Waals surface area contributed by atoms with E-state index in [1.165, 1.54) is 38.5 Å². The number of hydrogen-bond donors (Lipinski definition) is 0. The van der Waals surface area contributed by atoms with E-state index < -0.39 is 0 Å². The molecule has 3 atom stereocenters. The van der Waals surface area contributed by atoms with Crippen LogP contribution >= 0.6 is 0 Å². The van der Waals surface area contributed by atoms with Crippen LogP contribution in [-0.4, -0.2) is 0 Å². The first-order chi connectivity index (χ1) is 12.2. The zero-order valence-corrected chi connectivity index (χ0v) is 24.1. The van der Waals surface area contributed by atoms with Crippen LogP contribution in [0.2, 0.25) is 0 Å². The molecule has 0 spiro atoms. The average molecular weight is 521 g/mol. The topological polar surface area (TPSA) is 0 Å². The van der Waals surface area contributed by atoms with Gasteiger partial charge in [0.1, 0.15) is 0 Å². The van der Waals surface area contributed by atoms with Crippen molar-refractivity contribution in [2.75, 3.05) is 0 Å². The molecule has 150 valence electrons. The molecule has 3 aliphatic carbocycles. The summed E-state index contributed by atoms with van der Waals surface area (Å²) in [5.41, 5.74) is 0. The van der Waals surface area contributed by atoms with Crippen molar-refractivity contribution in [1.82, 2.24) is 0 Å². The number of hydrogen-bond acceptors (Lipinski definition) is 0. The summed E-state index contributed by atoms with van der Waals surface area (Å²) in [5, 5.41) is 0. The molecule has 3 saturated carbocycles. The Morgan fingerprint density at radius 3 is 1.85 bits per heavy atom. The maximum absolute atomic E-state index is 2.66. The monoisotopic (exact) mass is 521 g/mol. The molecule has 0 aromatic rings. The van der Waals surface area contributed by atoms with Crippen molar-refractivity contribution in [2.45, 2.75) is 97.8 Å². The molecule has 2 heteroatoms. The van der Waals surface area contributed by atoms with Crippen molar-refractivity contribution >= 4 is 0 Å². The van der Waals surface area contributed by atoms with Gasteiger partial charge in [0.15, 0.2) is 0 Å². The summed E-state index contributed by atoms with van der Waals surface area (Å²) < 4.78 is 0. The summed E-state index contributed by atoms with van der Waals surface area (Å²) in [5.74, 6) is 6.99. The van der Waals surface area contributed by atoms with Gasteiger partial charge in [0, 0.05) is 65.4 Å². The molecule has 0 heterocycles. The molecule has 0 nitrogen and oxygen atoms in total. The second-order valence-corrected chi connectivity index (χ2v) is 9.87. The van der Waals surface area contributed by atoms with E-state index in [0.29, 0.717) is 0 Å². The van der Waals surface area contributed by atoms with Gasteiger partial charge in [-0.2, -0.15) is 11.8 Å². The summed E-state index contributed by atoms with van der Waals surface area (Å²) in [6.45, 7) is 7.07. The minimum Gasteiger partial charge on any atom is -0.323 e. The van der Waals surface area contributed by atoms with Crippen LogP contribution in [0.1, 0.15) is 97.8 Å². The van der Waals surface area contributed by atoms with Crippen LogP contribution in [0.3, 0.4) is 0 Å². The molecular weight excluding hydrogens is 478 g/mol. The van der Waals surface area contributed by atoms with Crippen molar-refractivity contribution in [3.05, 3.63) is 18.6 Å². The molecular formula is C25H43Y2-. The minimum atomic E-state index is 0. The van der Waals surface area contributed by atoms with Crippen LogP contribution in [0.4, 0.5) is 0 Å². The van der Waals surface area contributed by atoms with Crippen molar-refractivity contribution < 1.29 is 65.4 Å². The summed E-state index contributed by atoms with van der Waals surface area (Å²) >= 11 is 0. The maximum Gasteiger partial charge on any atom is 0 e. The van der Waals surface area contributed by atoms with Gasteiger partial charge in [-0.3, -0.25) is 0 Å². The molecule has 0 N–H and O–H groups in total. The van der Waals surface area contributed by atoms with E-state index in [1.54, 1.807) is 38.5 Å². The van der Waals surface area contributed by atoms with Gasteiger partial charge in [-0.15, -0.1) is 0 Å². The molecule has 2 radical (unpaired) electrons. The van der Waals surface area contributed by atoms with E-state index in [-0.39, 0.29) is 65.4 Å². The SMILES string of the molecule is C/C=C/CCC1CCC(C2CCC(C3CCC(C)[CH-]C3C)CC2)CC1.[Y].[Y]. The van der Waals surface area contributed by atoms with Crippen LogP contribution in [0, 0.1) is 47.8 Å². The normalized spacial score (nSPS) is 40.2. The van der Waals surface area contributed by atoms with Gasteiger partial charge in [-0.1, -0.05) is 57.6 Å². The Morgan fingerprint density at radius 2 is 1.30 bits per heavy atom. The Labute approximate surface area is 221 Å². The van der Waals surface area contributed by atoms with Gasteiger partial charge in [0.25, 0.3) is 0 Å². The summed E-state index contributed by atoms with van der Waals surface area (Å²) in [7, 11) is 0. The fourth-order valence-corrected chi connectivity index (χ4v) is 6.63. The molecule has 0 amide bonds. The molecule has 3 rings (SSSR count). The van der Waals surface area contributed by atoms with E-state index in [2.05, 4.69) is 39.3 Å². The van der Waals surface area contributed by atoms with E-state index in [9.17, 15) is 0 Å². The Balaban J connectivity index is 0.00000182. The first-order valence-electron chi connectivity index (χ1n) is 11.6. The smallest absolute Gasteiger partial charge is 0 e. The predicted octanol–water partition coefficient (Wildman–Crippen LogP) is 7.84. The quantitative estimate of drug-likeness (QED) is 0.256. The molecule has 0 aromatic carbocycles. The van der Waals surface area contributed by atoms with Gasteiger partial charge in [-0.25, -0.2) is 0 Å². The third-order valence-electron chi connectivity index (χ3n) is 8.22. The van der Waals surface area contributed by atoms with E-state index in [0.717, 1.165) is 41.4 Å². The van der Waals surface area contributed by atoms with Gasteiger partial charge >= 0.3 is 0 Å². The zero-order chi connectivity index (χ0) is 17.6. The summed E-state index contributed by atoms with van der Waals surface area (Å²) in [6.07, 6.45) is 25.3. The standard InChI is InChI=1S/C25H43.2Y/c1-4-5-6-7-21-9-11-22(12-10-21)23-13-15-24(16-14-23)25-17-8-19(2)18-20(25)3;;/h4-5,18-25H,6-17H2,1-3H3;;/q-1;;/b5-4+;;. The Morgan fingerprint density at radius 1 is 0.741 bits per heavy atom. The Kier molecular flexibility index (Phi) is 14.1. The molecule has 27 heavy (non-hydrogen) atoms. The van der Waals surface area contributed by atoms with E-state index in [4.69, 9.17) is 0 Å². The maximum atomic E-state index is 2.66. The zero-order valence-electron chi connectivity index (χ0n) is 18.4. The first-order valence-corrected chi connectivity index (χ1v) is 11.6. The molecule has 3 fully saturated rings. The van der Waals surface area contributed by atoms with Crippen molar-refractivity contribution in [3.8, 4) is 0 Å². The Hall–Kier alpha value is 1.95. The largest absolute Gasteiger partial charge is 0.323 e. The summed E-state index contributed by atoms with van der Waals surface area (Å²) in [6, 6.07) is 0. The van der Waals surface area contributed by atoms with Crippen LogP contribution in [0.15, 0.2) is 12.2 Å². The van der Waals surface area contributed by atoms with E-state index in [1.807, 2.05) is 0 Å². The Bertz CT molecular complexity index is 403.